The smallest absolute Gasteiger partial charge is 0.260 e. The zero-order chi connectivity index (χ0) is 17.9. The summed E-state index contributed by atoms with van der Waals surface area (Å²) in [5.41, 5.74) is 1.28. The van der Waals surface area contributed by atoms with Gasteiger partial charge in [-0.15, -0.1) is 0 Å². The molecule has 4 rings (SSSR count). The van der Waals surface area contributed by atoms with Crippen LogP contribution in [-0.4, -0.2) is 24.0 Å². The van der Waals surface area contributed by atoms with Crippen LogP contribution < -0.4 is 14.4 Å². The Morgan fingerprint density at radius 2 is 1.88 bits per heavy atom. The predicted octanol–water partition coefficient (Wildman–Crippen LogP) is 4.68. The Morgan fingerprint density at radius 1 is 1.08 bits per heavy atom. The Kier molecular flexibility index (Phi) is 4.58. The van der Waals surface area contributed by atoms with Gasteiger partial charge in [0.2, 0.25) is 5.88 Å². The molecule has 130 valence electrons. The molecule has 0 aliphatic carbocycles. The average molecular weight is 411 g/mol. The van der Waals surface area contributed by atoms with Crippen molar-refractivity contribution >= 4 is 27.5 Å². The molecule has 0 unspecified atom stereocenters. The summed E-state index contributed by atoms with van der Waals surface area (Å²) in [5.74, 6) is 1.73. The number of carbonyl (C=O) groups excluding carboxylic acids is 1. The summed E-state index contributed by atoms with van der Waals surface area (Å²) in [6.07, 6.45) is 1.54. The number of halogens is 1. The average Bonchev–Trinajstić information content (AvgIpc) is 2.69. The van der Waals surface area contributed by atoms with Crippen LogP contribution in [0.25, 0.3) is 0 Å². The van der Waals surface area contributed by atoms with Crippen molar-refractivity contribution in [3.05, 3.63) is 76.9 Å². The van der Waals surface area contributed by atoms with Crippen LogP contribution in [0.4, 0.5) is 5.69 Å². The third kappa shape index (κ3) is 3.41. The number of nitrogens with zero attached hydrogens (tertiary/aromatic N) is 2. The van der Waals surface area contributed by atoms with Crippen LogP contribution in [0.5, 0.6) is 17.4 Å². The molecule has 1 amide bonds. The molecule has 0 spiro atoms. The van der Waals surface area contributed by atoms with Gasteiger partial charge in [0.1, 0.15) is 18.1 Å². The number of hydrogen-bond acceptors (Lipinski definition) is 4. The number of rotatable bonds is 3. The van der Waals surface area contributed by atoms with Crippen LogP contribution in [0.3, 0.4) is 0 Å². The van der Waals surface area contributed by atoms with E-state index in [0.717, 1.165) is 15.9 Å². The summed E-state index contributed by atoms with van der Waals surface area (Å²) in [6.45, 7) is 0.980. The minimum absolute atomic E-state index is 0.108. The van der Waals surface area contributed by atoms with Gasteiger partial charge in [-0.1, -0.05) is 28.1 Å². The molecule has 0 radical (unpaired) electrons. The van der Waals surface area contributed by atoms with Crippen LogP contribution >= 0.6 is 15.9 Å². The van der Waals surface area contributed by atoms with Gasteiger partial charge in [0.05, 0.1) is 17.8 Å². The van der Waals surface area contributed by atoms with E-state index in [1.807, 2.05) is 48.5 Å². The lowest BCUT2D eigenvalue weighted by Crippen LogP contribution is -2.37. The van der Waals surface area contributed by atoms with Gasteiger partial charge in [-0.05, 0) is 42.5 Å². The van der Waals surface area contributed by atoms with Crippen molar-refractivity contribution in [2.75, 3.05) is 18.1 Å². The molecule has 0 saturated heterocycles. The second-order valence-corrected chi connectivity index (χ2v) is 6.63. The van der Waals surface area contributed by atoms with Crippen molar-refractivity contribution in [2.45, 2.75) is 0 Å². The maximum atomic E-state index is 12.9. The van der Waals surface area contributed by atoms with Gasteiger partial charge in [0.25, 0.3) is 5.91 Å². The molecule has 5 nitrogen and oxygen atoms in total. The van der Waals surface area contributed by atoms with Crippen molar-refractivity contribution in [2.24, 2.45) is 0 Å². The molecule has 6 heteroatoms. The van der Waals surface area contributed by atoms with Crippen LogP contribution in [0, 0.1) is 0 Å². The Labute approximate surface area is 159 Å². The molecule has 0 N–H and O–H groups in total. The topological polar surface area (TPSA) is 51.7 Å². The molecule has 26 heavy (non-hydrogen) atoms. The van der Waals surface area contributed by atoms with Crippen LogP contribution in [-0.2, 0) is 0 Å². The summed E-state index contributed by atoms with van der Waals surface area (Å²) in [5, 5.41) is 0. The Balaban J connectivity index is 1.52. The van der Waals surface area contributed by atoms with E-state index in [-0.39, 0.29) is 5.91 Å². The van der Waals surface area contributed by atoms with Crippen molar-refractivity contribution in [3.8, 4) is 17.4 Å². The number of aromatic nitrogens is 1. The number of para-hydroxylation sites is 2. The van der Waals surface area contributed by atoms with Gasteiger partial charge in [0.15, 0.2) is 0 Å². The summed E-state index contributed by atoms with van der Waals surface area (Å²) < 4.78 is 12.3. The fourth-order valence-electron chi connectivity index (χ4n) is 2.73. The van der Waals surface area contributed by atoms with E-state index in [2.05, 4.69) is 20.9 Å². The third-order valence-corrected chi connectivity index (χ3v) is 4.52. The van der Waals surface area contributed by atoms with Crippen LogP contribution in [0.15, 0.2) is 71.3 Å². The fourth-order valence-corrected chi connectivity index (χ4v) is 2.99. The fraction of sp³-hybridized carbons (Fsp3) is 0.100. The SMILES string of the molecule is O=C(c1ccc(Oc2ccc(Br)cc2)nc1)N1CCOc2ccccc21. The van der Waals surface area contributed by atoms with Crippen molar-refractivity contribution < 1.29 is 14.3 Å². The summed E-state index contributed by atoms with van der Waals surface area (Å²) in [6, 6.07) is 18.4. The molecule has 1 aliphatic heterocycles. The predicted molar refractivity (Wildman–Crippen MR) is 102 cm³/mol. The standard InChI is InChI=1S/C20H15BrN2O3/c21-15-6-8-16(9-7-15)26-19-10-5-14(13-22-19)20(24)23-11-12-25-18-4-2-1-3-17(18)23/h1-10,13H,11-12H2. The Morgan fingerprint density at radius 3 is 2.65 bits per heavy atom. The van der Waals surface area contributed by atoms with Crippen molar-refractivity contribution in [1.82, 2.24) is 4.98 Å². The van der Waals surface area contributed by atoms with Gasteiger partial charge < -0.3 is 14.4 Å². The summed E-state index contributed by atoms with van der Waals surface area (Å²) in [7, 11) is 0. The molecule has 2 aromatic carbocycles. The highest BCUT2D eigenvalue weighted by Gasteiger charge is 2.24. The van der Waals surface area contributed by atoms with Gasteiger partial charge in [-0.2, -0.15) is 0 Å². The lowest BCUT2D eigenvalue weighted by molar-refractivity contribution is 0.0976. The molecular weight excluding hydrogens is 396 g/mol. The number of fused-ring (bicyclic) bond motifs is 1. The molecule has 1 aromatic heterocycles. The van der Waals surface area contributed by atoms with E-state index in [1.54, 1.807) is 17.0 Å². The first-order valence-corrected chi connectivity index (χ1v) is 8.93. The second-order valence-electron chi connectivity index (χ2n) is 5.71. The minimum Gasteiger partial charge on any atom is -0.490 e. The molecule has 0 atom stereocenters. The lowest BCUT2D eigenvalue weighted by atomic mass is 10.2. The summed E-state index contributed by atoms with van der Waals surface area (Å²) in [4.78, 5) is 18.8. The van der Waals surface area contributed by atoms with Crippen molar-refractivity contribution in [1.29, 1.82) is 0 Å². The molecule has 1 aliphatic rings. The molecule has 0 fully saturated rings. The van der Waals surface area contributed by atoms with Gasteiger partial charge >= 0.3 is 0 Å². The number of ether oxygens (including phenoxy) is 2. The largest absolute Gasteiger partial charge is 0.490 e. The number of benzene rings is 2. The molecular formula is C20H15BrN2O3. The molecule has 3 aromatic rings. The van der Waals surface area contributed by atoms with Crippen LogP contribution in [0.1, 0.15) is 10.4 Å². The maximum absolute atomic E-state index is 12.9. The van der Waals surface area contributed by atoms with E-state index < -0.39 is 0 Å². The first kappa shape index (κ1) is 16.6. The van der Waals surface area contributed by atoms with Crippen molar-refractivity contribution in [3.63, 3.8) is 0 Å². The van der Waals surface area contributed by atoms with E-state index >= 15 is 0 Å². The normalized spacial score (nSPS) is 12.9. The van der Waals surface area contributed by atoms with E-state index in [1.165, 1.54) is 6.20 Å². The van der Waals surface area contributed by atoms with E-state index in [9.17, 15) is 4.79 Å². The number of pyridine rings is 1. The zero-order valence-electron chi connectivity index (χ0n) is 13.8. The Hall–Kier alpha value is -2.86. The third-order valence-electron chi connectivity index (χ3n) is 3.99. The van der Waals surface area contributed by atoms with E-state index in [4.69, 9.17) is 9.47 Å². The number of anilines is 1. The highest BCUT2D eigenvalue weighted by molar-refractivity contribution is 9.10. The second kappa shape index (κ2) is 7.17. The maximum Gasteiger partial charge on any atom is 0.260 e. The monoisotopic (exact) mass is 410 g/mol. The number of carbonyl (C=O) groups is 1. The van der Waals surface area contributed by atoms with E-state index in [0.29, 0.717) is 30.3 Å². The van der Waals surface area contributed by atoms with Gasteiger partial charge in [-0.25, -0.2) is 4.98 Å². The zero-order valence-corrected chi connectivity index (χ0v) is 15.3. The highest BCUT2D eigenvalue weighted by atomic mass is 79.9. The number of amides is 1. The van der Waals surface area contributed by atoms with Gasteiger partial charge in [0, 0.05) is 16.7 Å². The number of hydrogen-bond donors (Lipinski definition) is 0. The molecule has 0 saturated carbocycles. The molecule has 0 bridgehead atoms. The van der Waals surface area contributed by atoms with Crippen LogP contribution in [0.2, 0.25) is 0 Å². The lowest BCUT2D eigenvalue weighted by Gasteiger charge is -2.29. The quantitative estimate of drug-likeness (QED) is 0.628. The summed E-state index contributed by atoms with van der Waals surface area (Å²) >= 11 is 3.38. The molecule has 2 heterocycles. The first-order chi connectivity index (χ1) is 12.7. The first-order valence-electron chi connectivity index (χ1n) is 8.14. The van der Waals surface area contributed by atoms with Gasteiger partial charge in [-0.3, -0.25) is 4.79 Å². The highest BCUT2D eigenvalue weighted by Crippen LogP contribution is 2.32. The minimum atomic E-state index is -0.108. The Bertz CT molecular complexity index is 927.